The van der Waals surface area contributed by atoms with Crippen molar-refractivity contribution in [3.63, 3.8) is 0 Å². The minimum Gasteiger partial charge on any atom is -0.456 e. The molecule has 11 rings (SSSR count). The minimum atomic E-state index is 0.335. The van der Waals surface area contributed by atoms with Gasteiger partial charge in [0.05, 0.1) is 0 Å². The molecule has 0 saturated heterocycles. The number of allylic oxidation sites excluding steroid dienone is 5. The van der Waals surface area contributed by atoms with Crippen LogP contribution in [0.25, 0.3) is 95.2 Å². The van der Waals surface area contributed by atoms with Crippen LogP contribution in [0.1, 0.15) is 17.0 Å². The van der Waals surface area contributed by atoms with Crippen LogP contribution < -0.4 is 0 Å². The molecule has 0 spiro atoms. The molecular formula is C51H33N3O. The van der Waals surface area contributed by atoms with E-state index in [1.165, 1.54) is 27.6 Å². The van der Waals surface area contributed by atoms with Crippen LogP contribution in [0.3, 0.4) is 0 Å². The molecule has 2 aliphatic carbocycles. The molecule has 0 saturated carbocycles. The van der Waals surface area contributed by atoms with E-state index in [1.54, 1.807) is 0 Å². The lowest BCUT2D eigenvalue weighted by molar-refractivity contribution is 0.669. The summed E-state index contributed by atoms with van der Waals surface area (Å²) in [5.41, 5.74) is 11.6. The minimum absolute atomic E-state index is 0.335. The summed E-state index contributed by atoms with van der Waals surface area (Å²) in [7, 11) is 0. The lowest BCUT2D eigenvalue weighted by Gasteiger charge is -2.27. The fourth-order valence-corrected chi connectivity index (χ4v) is 8.26. The van der Waals surface area contributed by atoms with Gasteiger partial charge < -0.3 is 4.42 Å². The van der Waals surface area contributed by atoms with E-state index in [0.29, 0.717) is 29.3 Å². The van der Waals surface area contributed by atoms with Crippen molar-refractivity contribution in [2.75, 3.05) is 0 Å². The van der Waals surface area contributed by atoms with Gasteiger partial charge in [0.25, 0.3) is 0 Å². The first kappa shape index (κ1) is 31.4. The number of hydrogen-bond acceptors (Lipinski definition) is 4. The van der Waals surface area contributed by atoms with Crippen LogP contribution in [0.2, 0.25) is 0 Å². The second kappa shape index (κ2) is 12.8. The zero-order chi connectivity index (χ0) is 36.3. The van der Waals surface area contributed by atoms with Gasteiger partial charge >= 0.3 is 0 Å². The Morgan fingerprint density at radius 3 is 1.96 bits per heavy atom. The molecular weight excluding hydrogens is 671 g/mol. The lowest BCUT2D eigenvalue weighted by Crippen LogP contribution is -2.13. The van der Waals surface area contributed by atoms with E-state index in [-0.39, 0.29) is 0 Å². The van der Waals surface area contributed by atoms with Crippen LogP contribution >= 0.6 is 0 Å². The van der Waals surface area contributed by atoms with Crippen LogP contribution in [0, 0.1) is 5.92 Å². The summed E-state index contributed by atoms with van der Waals surface area (Å²) in [5, 5.41) is 4.32. The van der Waals surface area contributed by atoms with Gasteiger partial charge in [0.1, 0.15) is 11.2 Å². The van der Waals surface area contributed by atoms with Gasteiger partial charge in [0.2, 0.25) is 0 Å². The summed E-state index contributed by atoms with van der Waals surface area (Å²) in [4.78, 5) is 15.5. The van der Waals surface area contributed by atoms with Crippen molar-refractivity contribution in [3.05, 3.63) is 193 Å². The van der Waals surface area contributed by atoms with E-state index in [4.69, 9.17) is 19.4 Å². The monoisotopic (exact) mass is 703 g/mol. The molecule has 9 aromatic rings. The standard InChI is InChI=1S/C51H33N3O/c1-2-9-32(10-3-1)34-17-19-35(20-18-34)38-25-28-44-47(31-38)55-46-16-8-15-45(48(44)46)51-53-49(40-24-21-33-11-4-5-13-37(33)29-40)52-50(54-51)41-26-27-43-39(30-41)23-22-36-12-6-7-14-42(36)43/h1-31,36,42H. The fourth-order valence-electron chi connectivity index (χ4n) is 8.26. The maximum Gasteiger partial charge on any atom is 0.164 e. The summed E-state index contributed by atoms with van der Waals surface area (Å²) in [6, 6.07) is 53.2. The Morgan fingerprint density at radius 2 is 1.11 bits per heavy atom. The Labute approximate surface area is 318 Å². The number of nitrogens with zero attached hydrogens (tertiary/aromatic N) is 3. The summed E-state index contributed by atoms with van der Waals surface area (Å²) in [6.45, 7) is 0. The molecule has 0 aliphatic heterocycles. The predicted molar refractivity (Wildman–Crippen MR) is 225 cm³/mol. The number of rotatable bonds is 5. The smallest absolute Gasteiger partial charge is 0.164 e. The third-order valence-corrected chi connectivity index (χ3v) is 11.1. The first-order chi connectivity index (χ1) is 27.2. The van der Waals surface area contributed by atoms with Gasteiger partial charge in [-0.05, 0) is 74.5 Å². The Hall–Kier alpha value is -7.17. The molecule has 4 heteroatoms. The Bertz CT molecular complexity index is 3040. The lowest BCUT2D eigenvalue weighted by atomic mass is 9.77. The van der Waals surface area contributed by atoms with Crippen molar-refractivity contribution in [1.82, 2.24) is 15.0 Å². The quantitative estimate of drug-likeness (QED) is 0.179. The van der Waals surface area contributed by atoms with Crippen molar-refractivity contribution < 1.29 is 4.42 Å². The van der Waals surface area contributed by atoms with E-state index < -0.39 is 0 Å². The fraction of sp³-hybridized carbons (Fsp3) is 0.0392. The highest BCUT2D eigenvalue weighted by molar-refractivity contribution is 6.12. The molecule has 0 fully saturated rings. The van der Waals surface area contributed by atoms with E-state index in [0.717, 1.165) is 55.1 Å². The molecule has 2 aromatic heterocycles. The average molecular weight is 704 g/mol. The maximum atomic E-state index is 6.56. The number of furan rings is 1. The number of fused-ring (bicyclic) bond motifs is 7. The highest BCUT2D eigenvalue weighted by Gasteiger charge is 2.25. The maximum absolute atomic E-state index is 6.56. The van der Waals surface area contributed by atoms with Crippen molar-refractivity contribution >= 4 is 38.8 Å². The number of aromatic nitrogens is 3. The van der Waals surface area contributed by atoms with Crippen LogP contribution in [0.4, 0.5) is 0 Å². The molecule has 2 atom stereocenters. The first-order valence-corrected chi connectivity index (χ1v) is 18.8. The third-order valence-electron chi connectivity index (χ3n) is 11.1. The summed E-state index contributed by atoms with van der Waals surface area (Å²) in [6.07, 6.45) is 13.4. The van der Waals surface area contributed by atoms with Gasteiger partial charge in [-0.1, -0.05) is 158 Å². The summed E-state index contributed by atoms with van der Waals surface area (Å²) >= 11 is 0. The third kappa shape index (κ3) is 5.50. The Balaban J connectivity index is 1.04. The van der Waals surface area contributed by atoms with E-state index in [9.17, 15) is 0 Å². The van der Waals surface area contributed by atoms with Crippen LogP contribution in [-0.2, 0) is 0 Å². The van der Waals surface area contributed by atoms with Gasteiger partial charge in [-0.15, -0.1) is 0 Å². The molecule has 2 unspecified atom stereocenters. The largest absolute Gasteiger partial charge is 0.456 e. The summed E-state index contributed by atoms with van der Waals surface area (Å²) in [5.74, 6) is 2.59. The van der Waals surface area contributed by atoms with E-state index >= 15 is 0 Å². The normalized spacial score (nSPS) is 15.8. The molecule has 55 heavy (non-hydrogen) atoms. The highest BCUT2D eigenvalue weighted by Crippen LogP contribution is 2.41. The SMILES string of the molecule is C1=CC2C=Cc3cc(-c4nc(-c5ccc6ccccc6c5)nc(-c5cccc6oc7cc(-c8ccc(-c9ccccc9)cc8)ccc7c56)n4)ccc3C2C=C1. The van der Waals surface area contributed by atoms with Gasteiger partial charge in [0, 0.05) is 39.3 Å². The molecule has 2 aliphatic rings. The van der Waals surface area contributed by atoms with Gasteiger partial charge in [0.15, 0.2) is 17.5 Å². The van der Waals surface area contributed by atoms with Crippen LogP contribution in [0.15, 0.2) is 186 Å². The van der Waals surface area contributed by atoms with Crippen molar-refractivity contribution in [3.8, 4) is 56.4 Å². The summed E-state index contributed by atoms with van der Waals surface area (Å²) < 4.78 is 6.56. The zero-order valence-corrected chi connectivity index (χ0v) is 29.8. The van der Waals surface area contributed by atoms with E-state index in [2.05, 4.69) is 170 Å². The molecule has 4 nitrogen and oxygen atoms in total. The van der Waals surface area contributed by atoms with Crippen molar-refractivity contribution in [2.24, 2.45) is 5.92 Å². The Morgan fingerprint density at radius 1 is 0.436 bits per heavy atom. The van der Waals surface area contributed by atoms with Gasteiger partial charge in [-0.3, -0.25) is 0 Å². The molecule has 258 valence electrons. The molecule has 0 amide bonds. The van der Waals surface area contributed by atoms with Crippen LogP contribution in [0.5, 0.6) is 0 Å². The van der Waals surface area contributed by atoms with Gasteiger partial charge in [-0.25, -0.2) is 15.0 Å². The highest BCUT2D eigenvalue weighted by atomic mass is 16.3. The van der Waals surface area contributed by atoms with Crippen LogP contribution in [-0.4, -0.2) is 15.0 Å². The van der Waals surface area contributed by atoms with Gasteiger partial charge in [-0.2, -0.15) is 0 Å². The molecule has 0 radical (unpaired) electrons. The molecule has 0 N–H and O–H groups in total. The topological polar surface area (TPSA) is 51.8 Å². The second-order valence-corrected chi connectivity index (χ2v) is 14.4. The number of hydrogen-bond donors (Lipinski definition) is 0. The molecule has 7 aromatic carbocycles. The second-order valence-electron chi connectivity index (χ2n) is 14.4. The van der Waals surface area contributed by atoms with Crippen molar-refractivity contribution in [1.29, 1.82) is 0 Å². The van der Waals surface area contributed by atoms with E-state index in [1.807, 2.05) is 18.2 Å². The number of benzene rings is 7. The average Bonchev–Trinajstić information content (AvgIpc) is 3.64. The van der Waals surface area contributed by atoms with Crippen molar-refractivity contribution in [2.45, 2.75) is 5.92 Å². The molecule has 0 bridgehead atoms. The molecule has 2 heterocycles. The zero-order valence-electron chi connectivity index (χ0n) is 29.8. The Kier molecular flexibility index (Phi) is 7.27. The first-order valence-electron chi connectivity index (χ1n) is 18.8. The predicted octanol–water partition coefficient (Wildman–Crippen LogP) is 13.1.